The summed E-state index contributed by atoms with van der Waals surface area (Å²) >= 11 is 3.48. The Balaban J connectivity index is 1.90. The van der Waals surface area contributed by atoms with Crippen LogP contribution in [0.25, 0.3) is 34.0 Å². The van der Waals surface area contributed by atoms with Crippen molar-refractivity contribution in [2.24, 2.45) is 0 Å². The van der Waals surface area contributed by atoms with Crippen LogP contribution in [0, 0.1) is 0 Å². The van der Waals surface area contributed by atoms with Crippen molar-refractivity contribution >= 4 is 15.9 Å². The number of aromatic nitrogens is 1. The van der Waals surface area contributed by atoms with E-state index in [0.29, 0.717) is 5.89 Å². The van der Waals surface area contributed by atoms with Gasteiger partial charge in [0.05, 0.1) is 0 Å². The van der Waals surface area contributed by atoms with E-state index in [0.717, 1.165) is 32.6 Å². The highest BCUT2D eigenvalue weighted by molar-refractivity contribution is 9.10. The van der Waals surface area contributed by atoms with E-state index in [4.69, 9.17) is 9.40 Å². The SMILES string of the molecule is Brc1ccc(-c2nc(-c3ccccc3)oc2-c2ccccc2)cc1. The fraction of sp³-hybridized carbons (Fsp3) is 0. The lowest BCUT2D eigenvalue weighted by Crippen LogP contribution is -1.82. The molecule has 4 aromatic rings. The van der Waals surface area contributed by atoms with Gasteiger partial charge in [-0.2, -0.15) is 0 Å². The number of nitrogens with zero attached hydrogens (tertiary/aromatic N) is 1. The summed E-state index contributed by atoms with van der Waals surface area (Å²) in [5, 5.41) is 0. The van der Waals surface area contributed by atoms with E-state index in [1.165, 1.54) is 0 Å². The summed E-state index contributed by atoms with van der Waals surface area (Å²) < 4.78 is 7.19. The molecule has 1 aromatic heterocycles. The minimum atomic E-state index is 0.632. The molecule has 2 nitrogen and oxygen atoms in total. The molecule has 0 amide bonds. The molecule has 4 rings (SSSR count). The molecule has 0 fully saturated rings. The third-order valence-corrected chi connectivity index (χ3v) is 4.33. The summed E-state index contributed by atoms with van der Waals surface area (Å²) in [6.07, 6.45) is 0. The molecule has 24 heavy (non-hydrogen) atoms. The Hall–Kier alpha value is -2.65. The largest absolute Gasteiger partial charge is 0.435 e. The summed E-state index contributed by atoms with van der Waals surface area (Å²) in [6.45, 7) is 0. The zero-order valence-electron chi connectivity index (χ0n) is 12.8. The van der Waals surface area contributed by atoms with Gasteiger partial charge in [0.25, 0.3) is 0 Å². The molecule has 0 atom stereocenters. The van der Waals surface area contributed by atoms with Crippen molar-refractivity contribution in [3.8, 4) is 34.0 Å². The fourth-order valence-corrected chi connectivity index (χ4v) is 2.88. The number of rotatable bonds is 3. The molecule has 3 aromatic carbocycles. The van der Waals surface area contributed by atoms with Gasteiger partial charge < -0.3 is 4.42 Å². The van der Waals surface area contributed by atoms with Crippen LogP contribution in [0.15, 0.2) is 93.8 Å². The molecule has 116 valence electrons. The van der Waals surface area contributed by atoms with E-state index in [1.807, 2.05) is 84.9 Å². The topological polar surface area (TPSA) is 26.0 Å². The van der Waals surface area contributed by atoms with Gasteiger partial charge in [-0.05, 0) is 24.3 Å². The quantitative estimate of drug-likeness (QED) is 0.411. The maximum absolute atomic E-state index is 6.15. The van der Waals surface area contributed by atoms with Crippen LogP contribution in [-0.4, -0.2) is 4.98 Å². The molecule has 0 aliphatic heterocycles. The van der Waals surface area contributed by atoms with Crippen molar-refractivity contribution in [2.75, 3.05) is 0 Å². The van der Waals surface area contributed by atoms with E-state index in [2.05, 4.69) is 15.9 Å². The number of hydrogen-bond acceptors (Lipinski definition) is 2. The van der Waals surface area contributed by atoms with Crippen LogP contribution in [0.1, 0.15) is 0 Å². The van der Waals surface area contributed by atoms with Crippen LogP contribution in [0.4, 0.5) is 0 Å². The van der Waals surface area contributed by atoms with Crippen LogP contribution in [-0.2, 0) is 0 Å². The molecular formula is C21H14BrNO. The lowest BCUT2D eigenvalue weighted by atomic mass is 10.1. The number of hydrogen-bond donors (Lipinski definition) is 0. The van der Waals surface area contributed by atoms with E-state index in [1.54, 1.807) is 0 Å². The van der Waals surface area contributed by atoms with Gasteiger partial charge in [0.2, 0.25) is 5.89 Å². The molecule has 0 radical (unpaired) electrons. The zero-order valence-corrected chi connectivity index (χ0v) is 14.4. The second kappa shape index (κ2) is 6.46. The lowest BCUT2D eigenvalue weighted by molar-refractivity contribution is 0.589. The first-order valence-corrected chi connectivity index (χ1v) is 8.48. The highest BCUT2D eigenvalue weighted by Crippen LogP contribution is 2.36. The van der Waals surface area contributed by atoms with Crippen LogP contribution in [0.2, 0.25) is 0 Å². The molecule has 1 heterocycles. The number of halogens is 1. The van der Waals surface area contributed by atoms with Crippen LogP contribution in [0.5, 0.6) is 0 Å². The summed E-state index contributed by atoms with van der Waals surface area (Å²) in [7, 11) is 0. The predicted octanol–water partition coefficient (Wildman–Crippen LogP) is 6.44. The molecule has 0 aliphatic rings. The third-order valence-electron chi connectivity index (χ3n) is 3.80. The van der Waals surface area contributed by atoms with E-state index < -0.39 is 0 Å². The standard InChI is InChI=1S/C21H14BrNO/c22-18-13-11-15(12-14-18)19-20(16-7-3-1-4-8-16)24-21(23-19)17-9-5-2-6-10-17/h1-14H. The average Bonchev–Trinajstić information content (AvgIpc) is 3.09. The maximum atomic E-state index is 6.15. The maximum Gasteiger partial charge on any atom is 0.227 e. The monoisotopic (exact) mass is 375 g/mol. The minimum absolute atomic E-state index is 0.632. The van der Waals surface area contributed by atoms with Gasteiger partial charge in [0, 0.05) is 21.2 Å². The Bertz CT molecular complexity index is 944. The van der Waals surface area contributed by atoms with Gasteiger partial charge in [-0.25, -0.2) is 4.98 Å². The van der Waals surface area contributed by atoms with Crippen molar-refractivity contribution in [2.45, 2.75) is 0 Å². The molecule has 0 N–H and O–H groups in total. The Kier molecular flexibility index (Phi) is 4.01. The second-order valence-electron chi connectivity index (χ2n) is 5.44. The molecule has 0 unspecified atom stereocenters. The van der Waals surface area contributed by atoms with E-state index in [9.17, 15) is 0 Å². The van der Waals surface area contributed by atoms with Gasteiger partial charge >= 0.3 is 0 Å². The average molecular weight is 376 g/mol. The Morgan fingerprint density at radius 2 is 1.21 bits per heavy atom. The van der Waals surface area contributed by atoms with Crippen molar-refractivity contribution in [3.63, 3.8) is 0 Å². The summed E-state index contributed by atoms with van der Waals surface area (Å²) in [5.41, 5.74) is 3.87. The van der Waals surface area contributed by atoms with E-state index >= 15 is 0 Å². The van der Waals surface area contributed by atoms with Crippen molar-refractivity contribution in [1.29, 1.82) is 0 Å². The molecule has 3 heteroatoms. The van der Waals surface area contributed by atoms with Gasteiger partial charge in [0.15, 0.2) is 5.76 Å². The van der Waals surface area contributed by atoms with Gasteiger partial charge in [-0.1, -0.05) is 76.6 Å². The highest BCUT2D eigenvalue weighted by atomic mass is 79.9. The first-order valence-electron chi connectivity index (χ1n) is 7.69. The van der Waals surface area contributed by atoms with Gasteiger partial charge in [-0.3, -0.25) is 0 Å². The lowest BCUT2D eigenvalue weighted by Gasteiger charge is -2.01. The van der Waals surface area contributed by atoms with Crippen LogP contribution < -0.4 is 0 Å². The minimum Gasteiger partial charge on any atom is -0.435 e. The molecule has 0 saturated carbocycles. The Morgan fingerprint density at radius 1 is 0.625 bits per heavy atom. The normalized spacial score (nSPS) is 10.7. The highest BCUT2D eigenvalue weighted by Gasteiger charge is 2.17. The molecule has 0 spiro atoms. The Morgan fingerprint density at radius 3 is 1.83 bits per heavy atom. The fourth-order valence-electron chi connectivity index (χ4n) is 2.61. The third kappa shape index (κ3) is 2.91. The summed E-state index contributed by atoms with van der Waals surface area (Å²) in [5.74, 6) is 1.42. The summed E-state index contributed by atoms with van der Waals surface area (Å²) in [6, 6.07) is 28.2. The first-order chi connectivity index (χ1) is 11.8. The van der Waals surface area contributed by atoms with Crippen LogP contribution in [0.3, 0.4) is 0 Å². The van der Waals surface area contributed by atoms with Crippen molar-refractivity contribution in [3.05, 3.63) is 89.4 Å². The molecular weight excluding hydrogens is 362 g/mol. The molecule has 0 aliphatic carbocycles. The Labute approximate surface area is 148 Å². The van der Waals surface area contributed by atoms with Crippen molar-refractivity contribution in [1.82, 2.24) is 4.98 Å². The molecule has 0 bridgehead atoms. The van der Waals surface area contributed by atoms with Crippen molar-refractivity contribution < 1.29 is 4.42 Å². The van der Waals surface area contributed by atoms with E-state index in [-0.39, 0.29) is 0 Å². The predicted molar refractivity (Wildman–Crippen MR) is 101 cm³/mol. The summed E-state index contributed by atoms with van der Waals surface area (Å²) in [4.78, 5) is 4.77. The number of benzene rings is 3. The van der Waals surface area contributed by atoms with Gasteiger partial charge in [0.1, 0.15) is 5.69 Å². The zero-order chi connectivity index (χ0) is 16.4. The molecule has 0 saturated heterocycles. The smallest absolute Gasteiger partial charge is 0.227 e. The number of oxazole rings is 1. The second-order valence-corrected chi connectivity index (χ2v) is 6.35. The van der Waals surface area contributed by atoms with Crippen LogP contribution >= 0.6 is 15.9 Å². The van der Waals surface area contributed by atoms with Gasteiger partial charge in [-0.15, -0.1) is 0 Å². The first kappa shape index (κ1) is 14.9.